The van der Waals surface area contributed by atoms with Crippen molar-refractivity contribution in [3.05, 3.63) is 29.8 Å². The van der Waals surface area contributed by atoms with Gasteiger partial charge in [-0.25, -0.2) is 0 Å². The van der Waals surface area contributed by atoms with Gasteiger partial charge in [-0.3, -0.25) is 13.9 Å². The van der Waals surface area contributed by atoms with Crippen LogP contribution in [0.25, 0.3) is 0 Å². The smallest absolute Gasteiger partial charge is 0.222 e. The largest absolute Gasteiger partial charge is 0.340 e. The molecule has 0 aliphatic carbocycles. The third kappa shape index (κ3) is 4.34. The van der Waals surface area contributed by atoms with Gasteiger partial charge in [-0.2, -0.15) is 0 Å². The van der Waals surface area contributed by atoms with Gasteiger partial charge in [0.2, 0.25) is 5.91 Å². The van der Waals surface area contributed by atoms with Crippen molar-refractivity contribution in [1.29, 1.82) is 0 Å². The number of hydrogen-bond acceptors (Lipinski definition) is 4. The average Bonchev–Trinajstić information content (AvgIpc) is 2.74. The van der Waals surface area contributed by atoms with Crippen LogP contribution in [-0.2, 0) is 15.6 Å². The van der Waals surface area contributed by atoms with E-state index in [1.165, 1.54) is 5.56 Å². The summed E-state index contributed by atoms with van der Waals surface area (Å²) >= 11 is 0. The van der Waals surface area contributed by atoms with Crippen LogP contribution in [0.3, 0.4) is 0 Å². The molecule has 0 spiro atoms. The van der Waals surface area contributed by atoms with Crippen LogP contribution >= 0.6 is 0 Å². The second-order valence-corrected chi connectivity index (χ2v) is 9.84. The topological polar surface area (TPSA) is 52.7 Å². The Hall–Kier alpha value is -1.24. The Bertz CT molecular complexity index is 717. The molecule has 3 atom stereocenters. The predicted molar refractivity (Wildman–Crippen MR) is 113 cm³/mol. The third-order valence-corrected chi connectivity index (χ3v) is 7.78. The molecular formula is C22H33N3O2S. The Morgan fingerprint density at radius 3 is 2.61 bits per heavy atom. The van der Waals surface area contributed by atoms with Crippen molar-refractivity contribution in [3.8, 4) is 0 Å². The van der Waals surface area contributed by atoms with Gasteiger partial charge in [0.05, 0.1) is 17.0 Å². The Balaban J connectivity index is 1.36. The normalized spacial score (nSPS) is 29.0. The second-order valence-electron chi connectivity index (χ2n) is 8.49. The number of nitrogens with zero attached hydrogens (tertiary/aromatic N) is 2. The van der Waals surface area contributed by atoms with Gasteiger partial charge in [-0.1, -0.05) is 18.2 Å². The maximum Gasteiger partial charge on any atom is 0.222 e. The number of carbonyl (C=O) groups excluding carboxylic acids is 1. The zero-order chi connectivity index (χ0) is 19.5. The van der Waals surface area contributed by atoms with Gasteiger partial charge in [0.1, 0.15) is 0 Å². The first-order valence-corrected chi connectivity index (χ1v) is 12.4. The molecule has 1 aromatic carbocycles. The molecule has 3 saturated heterocycles. The van der Waals surface area contributed by atoms with Crippen molar-refractivity contribution in [2.24, 2.45) is 0 Å². The summed E-state index contributed by atoms with van der Waals surface area (Å²) in [5, 5.41) is 3.70. The van der Waals surface area contributed by atoms with E-state index in [1.807, 2.05) is 12.1 Å². The van der Waals surface area contributed by atoms with Crippen molar-refractivity contribution in [3.63, 3.8) is 0 Å². The van der Waals surface area contributed by atoms with E-state index in [9.17, 15) is 9.00 Å². The van der Waals surface area contributed by atoms with Crippen molar-refractivity contribution in [2.45, 2.75) is 68.0 Å². The molecule has 1 aromatic rings. The summed E-state index contributed by atoms with van der Waals surface area (Å²) < 4.78 is 12.1. The zero-order valence-corrected chi connectivity index (χ0v) is 17.8. The van der Waals surface area contributed by atoms with Gasteiger partial charge in [0, 0.05) is 43.2 Å². The Labute approximate surface area is 171 Å². The lowest BCUT2D eigenvalue weighted by molar-refractivity contribution is -0.137. The van der Waals surface area contributed by atoms with Crippen LogP contribution in [0.2, 0.25) is 0 Å². The molecule has 3 fully saturated rings. The van der Waals surface area contributed by atoms with Crippen LogP contribution in [0.1, 0.15) is 56.4 Å². The minimum absolute atomic E-state index is 0.361. The highest BCUT2D eigenvalue weighted by Crippen LogP contribution is 2.33. The molecule has 3 unspecified atom stereocenters. The molecule has 3 aliphatic rings. The van der Waals surface area contributed by atoms with E-state index in [-0.39, 0.29) is 0 Å². The summed E-state index contributed by atoms with van der Waals surface area (Å²) in [5.41, 5.74) is 1.27. The lowest BCUT2D eigenvalue weighted by Crippen LogP contribution is -2.57. The first-order chi connectivity index (χ1) is 13.6. The Kier molecular flexibility index (Phi) is 6.48. The molecule has 3 heterocycles. The predicted octanol–water partition coefficient (Wildman–Crippen LogP) is 2.69. The van der Waals surface area contributed by atoms with E-state index in [0.29, 0.717) is 24.0 Å². The monoisotopic (exact) mass is 403 g/mol. The number of likely N-dealkylation sites (tertiary alicyclic amines) is 2. The summed E-state index contributed by atoms with van der Waals surface area (Å²) in [6.07, 6.45) is 9.45. The minimum atomic E-state index is -0.930. The molecule has 3 aliphatic heterocycles. The highest BCUT2D eigenvalue weighted by Gasteiger charge is 2.34. The van der Waals surface area contributed by atoms with E-state index < -0.39 is 10.8 Å². The zero-order valence-electron chi connectivity index (χ0n) is 16.9. The van der Waals surface area contributed by atoms with Crippen LogP contribution in [0, 0.1) is 0 Å². The molecule has 4 rings (SSSR count). The molecule has 1 N–H and O–H groups in total. The fourth-order valence-corrected chi connectivity index (χ4v) is 6.09. The van der Waals surface area contributed by atoms with E-state index in [1.54, 1.807) is 6.26 Å². The van der Waals surface area contributed by atoms with Crippen LogP contribution in [0.5, 0.6) is 0 Å². The van der Waals surface area contributed by atoms with Gasteiger partial charge in [0.25, 0.3) is 0 Å². The van der Waals surface area contributed by atoms with E-state index in [2.05, 4.69) is 27.2 Å². The highest BCUT2D eigenvalue weighted by atomic mass is 32.2. The summed E-state index contributed by atoms with van der Waals surface area (Å²) in [5.74, 6) is 0.860. The first-order valence-electron chi connectivity index (χ1n) is 10.8. The van der Waals surface area contributed by atoms with Crippen LogP contribution in [-0.4, -0.2) is 64.6 Å². The quantitative estimate of drug-likeness (QED) is 0.840. The summed E-state index contributed by atoms with van der Waals surface area (Å²) in [4.78, 5) is 18.1. The number of nitrogens with one attached hydrogen (secondary N) is 1. The lowest BCUT2D eigenvalue weighted by atomic mass is 9.88. The summed E-state index contributed by atoms with van der Waals surface area (Å²) in [6, 6.07) is 8.64. The molecule has 0 radical (unpaired) electrons. The maximum atomic E-state index is 12.3. The van der Waals surface area contributed by atoms with Gasteiger partial charge < -0.3 is 10.2 Å². The standard InChI is InChI=1S/C22H33N3O2S/c1-28(27)20-7-3-2-6-19(20)17-10-14-24(15-11-17)21-16-18(9-12-23-21)25-13-5-4-8-22(25)26/h2-3,6-7,17-18,21,23H,4-5,8-16H2,1H3. The van der Waals surface area contributed by atoms with Gasteiger partial charge >= 0.3 is 0 Å². The molecule has 1 amide bonds. The van der Waals surface area contributed by atoms with E-state index in [4.69, 9.17) is 0 Å². The SMILES string of the molecule is CS(=O)c1ccccc1C1CCN(C2CC(N3CCCCC3=O)CCN2)CC1. The Morgan fingerprint density at radius 2 is 1.86 bits per heavy atom. The van der Waals surface area contributed by atoms with Crippen molar-refractivity contribution >= 4 is 16.7 Å². The molecular weight excluding hydrogens is 370 g/mol. The van der Waals surface area contributed by atoms with E-state index in [0.717, 1.165) is 76.0 Å². The lowest BCUT2D eigenvalue weighted by Gasteiger charge is -2.45. The maximum absolute atomic E-state index is 12.3. The van der Waals surface area contributed by atoms with Crippen molar-refractivity contribution < 1.29 is 9.00 Å². The van der Waals surface area contributed by atoms with Gasteiger partial charge in [-0.15, -0.1) is 0 Å². The molecule has 5 nitrogen and oxygen atoms in total. The molecule has 28 heavy (non-hydrogen) atoms. The molecule has 154 valence electrons. The average molecular weight is 404 g/mol. The molecule has 0 saturated carbocycles. The van der Waals surface area contributed by atoms with Crippen LogP contribution in [0.4, 0.5) is 0 Å². The van der Waals surface area contributed by atoms with Gasteiger partial charge in [-0.05, 0) is 62.6 Å². The minimum Gasteiger partial charge on any atom is -0.340 e. The molecule has 0 aromatic heterocycles. The van der Waals surface area contributed by atoms with Crippen LogP contribution in [0.15, 0.2) is 29.2 Å². The fraction of sp³-hybridized carbons (Fsp3) is 0.682. The molecule has 6 heteroatoms. The van der Waals surface area contributed by atoms with Gasteiger partial charge in [0.15, 0.2) is 0 Å². The number of amides is 1. The number of benzene rings is 1. The number of piperidine rings is 3. The summed E-state index contributed by atoms with van der Waals surface area (Å²) in [7, 11) is -0.930. The first kappa shape index (κ1) is 20.0. The number of rotatable bonds is 4. The van der Waals surface area contributed by atoms with Crippen molar-refractivity contribution in [1.82, 2.24) is 15.1 Å². The summed E-state index contributed by atoms with van der Waals surface area (Å²) in [6.45, 7) is 4.07. The number of carbonyl (C=O) groups is 1. The van der Waals surface area contributed by atoms with Crippen LogP contribution < -0.4 is 5.32 Å². The third-order valence-electron chi connectivity index (χ3n) is 6.79. The molecule has 0 bridgehead atoms. The Morgan fingerprint density at radius 1 is 1.07 bits per heavy atom. The van der Waals surface area contributed by atoms with Crippen molar-refractivity contribution in [2.75, 3.05) is 32.4 Å². The van der Waals surface area contributed by atoms with E-state index >= 15 is 0 Å². The highest BCUT2D eigenvalue weighted by molar-refractivity contribution is 7.84. The second kappa shape index (κ2) is 9.06. The fourth-order valence-electron chi connectivity index (χ4n) is 5.25. The number of hydrogen-bond donors (Lipinski definition) is 1.